The molecule has 0 aliphatic carbocycles. The summed E-state index contributed by atoms with van der Waals surface area (Å²) < 4.78 is 33.0. The Bertz CT molecular complexity index is 935. The number of nitrogen functional groups attached to an aromatic ring is 1. The Balaban J connectivity index is 0.00000192. The maximum absolute atomic E-state index is 12.5. The molecule has 0 atom stereocenters. The molecule has 0 radical (unpaired) electrons. The van der Waals surface area contributed by atoms with Crippen molar-refractivity contribution in [2.45, 2.75) is 18.4 Å². The molecule has 3 N–H and O–H groups in total. The first-order valence-electron chi connectivity index (χ1n) is 6.79. The molecule has 0 aliphatic heterocycles. The summed E-state index contributed by atoms with van der Waals surface area (Å²) in [5.41, 5.74) is 6.46. The fraction of sp³-hybridized carbons (Fsp3) is 0.125. The molecule has 5 nitrogen and oxygen atoms in total. The largest absolute Gasteiger partial charge is 0.465 e. The highest BCUT2D eigenvalue weighted by atomic mass is 35.5. The topological polar surface area (TPSA) is 85.3 Å². The van der Waals surface area contributed by atoms with Gasteiger partial charge in [0.1, 0.15) is 11.5 Å². The zero-order chi connectivity index (χ0) is 15.7. The number of furan rings is 1. The third-order valence-electron chi connectivity index (χ3n) is 3.44. The monoisotopic (exact) mass is 352 g/mol. The summed E-state index contributed by atoms with van der Waals surface area (Å²) in [5, 5.41) is 1.32. The van der Waals surface area contributed by atoms with Gasteiger partial charge in [-0.1, -0.05) is 24.3 Å². The van der Waals surface area contributed by atoms with Crippen LogP contribution in [0.2, 0.25) is 0 Å². The minimum Gasteiger partial charge on any atom is -0.465 e. The van der Waals surface area contributed by atoms with Crippen LogP contribution in [0.15, 0.2) is 57.8 Å². The summed E-state index contributed by atoms with van der Waals surface area (Å²) in [6, 6.07) is 13.8. The van der Waals surface area contributed by atoms with Crippen molar-refractivity contribution in [1.29, 1.82) is 0 Å². The Morgan fingerprint density at radius 2 is 1.74 bits per heavy atom. The van der Waals surface area contributed by atoms with Gasteiger partial charge >= 0.3 is 0 Å². The highest BCUT2D eigenvalue weighted by Gasteiger charge is 2.18. The summed E-state index contributed by atoms with van der Waals surface area (Å²) in [6.07, 6.45) is 0. The van der Waals surface area contributed by atoms with Crippen LogP contribution < -0.4 is 10.5 Å². The van der Waals surface area contributed by atoms with Crippen LogP contribution in [0.25, 0.3) is 10.8 Å². The van der Waals surface area contributed by atoms with E-state index < -0.39 is 10.0 Å². The standard InChI is InChI=1S/C16H16N2O3S.ClH/c1-11-8-9-12(21-11)10-18-22(19,20)16-7-3-4-13-14(16)5-2-6-15(13)17;/h2-9,18H,10,17H2,1H3;1H. The molecule has 3 aromatic rings. The smallest absolute Gasteiger partial charge is 0.241 e. The number of anilines is 1. The molecule has 0 amide bonds. The summed E-state index contributed by atoms with van der Waals surface area (Å²) in [7, 11) is -3.66. The van der Waals surface area contributed by atoms with E-state index in [1.165, 1.54) is 0 Å². The van der Waals surface area contributed by atoms with Crippen LogP contribution in [0.1, 0.15) is 11.5 Å². The third-order valence-corrected chi connectivity index (χ3v) is 4.90. The van der Waals surface area contributed by atoms with Crippen LogP contribution in [0.4, 0.5) is 5.69 Å². The van der Waals surface area contributed by atoms with E-state index in [1.807, 2.05) is 6.92 Å². The molecule has 0 fully saturated rings. The number of halogens is 1. The lowest BCUT2D eigenvalue weighted by molar-refractivity contribution is 0.475. The first kappa shape index (κ1) is 17.3. The predicted molar refractivity (Wildman–Crippen MR) is 93.1 cm³/mol. The summed E-state index contributed by atoms with van der Waals surface area (Å²) in [5.74, 6) is 1.31. The van der Waals surface area contributed by atoms with Crippen molar-refractivity contribution in [3.05, 3.63) is 60.1 Å². The van der Waals surface area contributed by atoms with Crippen LogP contribution in [-0.2, 0) is 16.6 Å². The number of aryl methyl sites for hydroxylation is 1. The van der Waals surface area contributed by atoms with Crippen molar-refractivity contribution in [2.24, 2.45) is 0 Å². The lowest BCUT2D eigenvalue weighted by Crippen LogP contribution is -2.23. The van der Waals surface area contributed by atoms with Crippen molar-refractivity contribution >= 4 is 38.9 Å². The molecular weight excluding hydrogens is 336 g/mol. The normalized spacial score (nSPS) is 11.3. The molecule has 0 aliphatic rings. The van der Waals surface area contributed by atoms with E-state index >= 15 is 0 Å². The molecule has 2 aromatic carbocycles. The number of hydrogen-bond acceptors (Lipinski definition) is 4. The first-order chi connectivity index (χ1) is 10.5. The van der Waals surface area contributed by atoms with Gasteiger partial charge in [-0.3, -0.25) is 0 Å². The van der Waals surface area contributed by atoms with Gasteiger partial charge in [-0.15, -0.1) is 12.4 Å². The molecule has 3 rings (SSSR count). The third kappa shape index (κ3) is 3.50. The van der Waals surface area contributed by atoms with Crippen LogP contribution in [0.3, 0.4) is 0 Å². The van der Waals surface area contributed by atoms with E-state index in [9.17, 15) is 8.42 Å². The molecule has 0 unspecified atom stereocenters. The van der Waals surface area contributed by atoms with Crippen LogP contribution in [0, 0.1) is 6.92 Å². The van der Waals surface area contributed by atoms with Crippen molar-refractivity contribution in [2.75, 3.05) is 5.73 Å². The lowest BCUT2D eigenvalue weighted by Gasteiger charge is -2.10. The average Bonchev–Trinajstić information content (AvgIpc) is 2.91. The summed E-state index contributed by atoms with van der Waals surface area (Å²) >= 11 is 0. The van der Waals surface area contributed by atoms with E-state index in [-0.39, 0.29) is 23.8 Å². The van der Waals surface area contributed by atoms with Crippen LogP contribution >= 0.6 is 12.4 Å². The second-order valence-corrected chi connectivity index (χ2v) is 6.77. The SMILES string of the molecule is Cc1ccc(CNS(=O)(=O)c2cccc3c(N)cccc23)o1.Cl. The first-order valence-corrected chi connectivity index (χ1v) is 8.28. The van der Waals surface area contributed by atoms with Crippen molar-refractivity contribution < 1.29 is 12.8 Å². The van der Waals surface area contributed by atoms with Gasteiger partial charge in [0, 0.05) is 16.5 Å². The zero-order valence-electron chi connectivity index (χ0n) is 12.4. The summed E-state index contributed by atoms with van der Waals surface area (Å²) in [6.45, 7) is 1.92. The lowest BCUT2D eigenvalue weighted by atomic mass is 10.1. The van der Waals surface area contributed by atoms with Gasteiger partial charge < -0.3 is 10.2 Å². The number of nitrogens with two attached hydrogens (primary N) is 1. The van der Waals surface area contributed by atoms with E-state index in [4.69, 9.17) is 10.2 Å². The van der Waals surface area contributed by atoms with Crippen molar-refractivity contribution in [3.8, 4) is 0 Å². The maximum atomic E-state index is 12.5. The van der Waals surface area contributed by atoms with Gasteiger partial charge in [-0.2, -0.15) is 0 Å². The Labute approximate surface area is 140 Å². The molecule has 0 saturated heterocycles. The quantitative estimate of drug-likeness (QED) is 0.706. The highest BCUT2D eigenvalue weighted by Crippen LogP contribution is 2.27. The molecule has 23 heavy (non-hydrogen) atoms. The van der Waals surface area contributed by atoms with Gasteiger partial charge in [-0.05, 0) is 31.2 Å². The van der Waals surface area contributed by atoms with Crippen LogP contribution in [0.5, 0.6) is 0 Å². The highest BCUT2D eigenvalue weighted by molar-refractivity contribution is 7.89. The summed E-state index contributed by atoms with van der Waals surface area (Å²) in [4.78, 5) is 0.209. The molecule has 1 aromatic heterocycles. The maximum Gasteiger partial charge on any atom is 0.241 e. The second-order valence-electron chi connectivity index (χ2n) is 5.04. The number of rotatable bonds is 4. The van der Waals surface area contributed by atoms with Crippen molar-refractivity contribution in [1.82, 2.24) is 4.72 Å². The number of fused-ring (bicyclic) bond motifs is 1. The second kappa shape index (κ2) is 6.62. The van der Waals surface area contributed by atoms with Gasteiger partial charge in [0.05, 0.1) is 11.4 Å². The molecule has 0 saturated carbocycles. The predicted octanol–water partition coefficient (Wildman–Crippen LogP) is 3.22. The van der Waals surface area contributed by atoms with Crippen molar-refractivity contribution in [3.63, 3.8) is 0 Å². The molecule has 1 heterocycles. The Hall–Kier alpha value is -2.02. The number of nitrogens with one attached hydrogen (secondary N) is 1. The molecule has 0 bridgehead atoms. The van der Waals surface area contributed by atoms with E-state index in [2.05, 4.69) is 4.72 Å². The van der Waals surface area contributed by atoms with Gasteiger partial charge in [0.25, 0.3) is 0 Å². The van der Waals surface area contributed by atoms with E-state index in [0.29, 0.717) is 16.8 Å². The minimum atomic E-state index is -3.66. The zero-order valence-corrected chi connectivity index (χ0v) is 14.1. The fourth-order valence-electron chi connectivity index (χ4n) is 2.36. The number of benzene rings is 2. The Morgan fingerprint density at radius 3 is 2.43 bits per heavy atom. The molecule has 0 spiro atoms. The van der Waals surface area contributed by atoms with Gasteiger partial charge in [0.2, 0.25) is 10.0 Å². The van der Waals surface area contributed by atoms with Crippen LogP contribution in [-0.4, -0.2) is 8.42 Å². The van der Waals surface area contributed by atoms with E-state index in [0.717, 1.165) is 11.1 Å². The minimum absolute atomic E-state index is 0. The Morgan fingerprint density at radius 1 is 1.04 bits per heavy atom. The molecule has 7 heteroatoms. The molecule has 122 valence electrons. The molecular formula is C16H17ClN2O3S. The number of hydrogen-bond donors (Lipinski definition) is 2. The average molecular weight is 353 g/mol. The van der Waals surface area contributed by atoms with Gasteiger partial charge in [-0.25, -0.2) is 13.1 Å². The Kier molecular flexibility index (Phi) is 4.99. The van der Waals surface area contributed by atoms with E-state index in [1.54, 1.807) is 48.5 Å². The van der Waals surface area contributed by atoms with Gasteiger partial charge in [0.15, 0.2) is 0 Å². The number of sulfonamides is 1. The fourth-order valence-corrected chi connectivity index (χ4v) is 3.58.